The van der Waals surface area contributed by atoms with Crippen LogP contribution in [0.4, 0.5) is 0 Å². The van der Waals surface area contributed by atoms with Crippen molar-refractivity contribution < 1.29 is 9.47 Å². The fourth-order valence-electron chi connectivity index (χ4n) is 2.16. The van der Waals surface area contributed by atoms with Crippen molar-refractivity contribution in [1.82, 2.24) is 4.90 Å². The van der Waals surface area contributed by atoms with Gasteiger partial charge in [0.15, 0.2) is 0 Å². The van der Waals surface area contributed by atoms with E-state index < -0.39 is 0 Å². The summed E-state index contributed by atoms with van der Waals surface area (Å²) in [5.74, 6) is 0. The Kier molecular flexibility index (Phi) is 2.86. The second-order valence-corrected chi connectivity index (χ2v) is 4.22. The molecule has 2 fully saturated rings. The molecule has 0 N–H and O–H groups in total. The molecule has 0 spiro atoms. The Bertz CT molecular complexity index is 172. The molecule has 2 saturated heterocycles. The van der Waals surface area contributed by atoms with Crippen LogP contribution >= 0.6 is 0 Å². The Morgan fingerprint density at radius 1 is 1.38 bits per heavy atom. The highest BCUT2D eigenvalue weighted by molar-refractivity contribution is 4.85. The lowest BCUT2D eigenvalue weighted by molar-refractivity contribution is -0.151. The van der Waals surface area contributed by atoms with Crippen LogP contribution in [-0.4, -0.2) is 49.5 Å². The second kappa shape index (κ2) is 3.95. The van der Waals surface area contributed by atoms with Crippen LogP contribution in [0.3, 0.4) is 0 Å². The molecule has 0 radical (unpaired) electrons. The molecule has 3 nitrogen and oxygen atoms in total. The number of rotatable bonds is 2. The number of ether oxygens (including phenoxy) is 2. The minimum absolute atomic E-state index is 0.321. The van der Waals surface area contributed by atoms with Gasteiger partial charge in [-0.2, -0.15) is 0 Å². The van der Waals surface area contributed by atoms with Crippen molar-refractivity contribution in [3.63, 3.8) is 0 Å². The van der Waals surface area contributed by atoms with E-state index in [0.717, 1.165) is 26.1 Å². The van der Waals surface area contributed by atoms with E-state index in [1.54, 1.807) is 0 Å². The van der Waals surface area contributed by atoms with Gasteiger partial charge in [0.1, 0.15) is 0 Å². The maximum atomic E-state index is 5.83. The minimum Gasteiger partial charge on any atom is -0.373 e. The lowest BCUT2D eigenvalue weighted by Gasteiger charge is -2.42. The molecule has 3 unspecified atom stereocenters. The molecule has 76 valence electrons. The minimum atomic E-state index is 0.321. The van der Waals surface area contributed by atoms with Gasteiger partial charge in [0.05, 0.1) is 24.9 Å². The summed E-state index contributed by atoms with van der Waals surface area (Å²) in [4.78, 5) is 2.47. The first-order valence-corrected chi connectivity index (χ1v) is 5.25. The topological polar surface area (TPSA) is 21.7 Å². The Labute approximate surface area is 80.0 Å². The van der Waals surface area contributed by atoms with Crippen LogP contribution < -0.4 is 0 Å². The van der Waals surface area contributed by atoms with Crippen LogP contribution in [0.25, 0.3) is 0 Å². The molecule has 13 heavy (non-hydrogen) atoms. The van der Waals surface area contributed by atoms with Crippen molar-refractivity contribution in [3.05, 3.63) is 0 Å². The van der Waals surface area contributed by atoms with E-state index in [0.29, 0.717) is 18.3 Å². The molecular weight excluding hydrogens is 166 g/mol. The molecule has 3 atom stereocenters. The number of hydrogen-bond acceptors (Lipinski definition) is 3. The molecule has 2 bridgehead atoms. The van der Waals surface area contributed by atoms with Gasteiger partial charge in [-0.15, -0.1) is 0 Å². The highest BCUT2D eigenvalue weighted by atomic mass is 16.5. The fraction of sp³-hybridized carbons (Fsp3) is 1.00. The van der Waals surface area contributed by atoms with Crippen LogP contribution in [0.2, 0.25) is 0 Å². The zero-order valence-corrected chi connectivity index (χ0v) is 8.53. The van der Waals surface area contributed by atoms with Crippen LogP contribution in [0, 0.1) is 0 Å². The number of morpholine rings is 1. The Morgan fingerprint density at radius 2 is 2.23 bits per heavy atom. The summed E-state index contributed by atoms with van der Waals surface area (Å²) in [5, 5.41) is 0. The van der Waals surface area contributed by atoms with E-state index in [4.69, 9.17) is 9.47 Å². The Morgan fingerprint density at radius 3 is 3.00 bits per heavy atom. The maximum Gasteiger partial charge on any atom is 0.0964 e. The normalized spacial score (nSPS) is 39.5. The third-order valence-corrected chi connectivity index (χ3v) is 2.77. The van der Waals surface area contributed by atoms with Crippen LogP contribution in [0.15, 0.2) is 0 Å². The van der Waals surface area contributed by atoms with E-state index in [9.17, 15) is 0 Å². The third-order valence-electron chi connectivity index (χ3n) is 2.77. The quantitative estimate of drug-likeness (QED) is 0.637. The molecule has 0 aromatic carbocycles. The van der Waals surface area contributed by atoms with Crippen molar-refractivity contribution in [2.75, 3.05) is 26.2 Å². The summed E-state index contributed by atoms with van der Waals surface area (Å²) >= 11 is 0. The number of fused-ring (bicyclic) bond motifs is 2. The largest absolute Gasteiger partial charge is 0.373 e. The molecule has 0 aliphatic carbocycles. The van der Waals surface area contributed by atoms with Gasteiger partial charge in [-0.05, 0) is 20.3 Å². The van der Waals surface area contributed by atoms with Crippen molar-refractivity contribution in [2.24, 2.45) is 0 Å². The smallest absolute Gasteiger partial charge is 0.0964 e. The van der Waals surface area contributed by atoms with E-state index in [1.807, 2.05) is 0 Å². The number of piperidine rings is 1. The molecule has 2 aliphatic rings. The second-order valence-electron chi connectivity index (χ2n) is 4.22. The van der Waals surface area contributed by atoms with Crippen LogP contribution in [-0.2, 0) is 9.47 Å². The first-order chi connectivity index (χ1) is 6.25. The summed E-state index contributed by atoms with van der Waals surface area (Å²) in [5.41, 5.74) is 0. The van der Waals surface area contributed by atoms with E-state index in [1.165, 1.54) is 6.54 Å². The standard InChI is InChI=1S/C10H19NO2/c1-8(2)13-9-3-4-11-5-6-12-10(9)7-11/h8-10H,3-7H2,1-2H3. The lowest BCUT2D eigenvalue weighted by atomic mass is 10.0. The summed E-state index contributed by atoms with van der Waals surface area (Å²) in [7, 11) is 0. The third kappa shape index (κ3) is 2.22. The summed E-state index contributed by atoms with van der Waals surface area (Å²) in [6.07, 6.45) is 2.10. The predicted molar refractivity (Wildman–Crippen MR) is 50.8 cm³/mol. The maximum absolute atomic E-state index is 5.83. The summed E-state index contributed by atoms with van der Waals surface area (Å²) in [6, 6.07) is 0. The van der Waals surface area contributed by atoms with Gasteiger partial charge in [-0.3, -0.25) is 4.90 Å². The Hall–Kier alpha value is -0.120. The molecule has 2 heterocycles. The van der Waals surface area contributed by atoms with Crippen LogP contribution in [0.1, 0.15) is 20.3 Å². The van der Waals surface area contributed by atoms with Gasteiger partial charge in [0.2, 0.25) is 0 Å². The molecule has 3 heteroatoms. The molecule has 0 saturated carbocycles. The van der Waals surface area contributed by atoms with Crippen molar-refractivity contribution in [3.8, 4) is 0 Å². The molecule has 2 aliphatic heterocycles. The summed E-state index contributed by atoms with van der Waals surface area (Å²) < 4.78 is 11.5. The van der Waals surface area contributed by atoms with Gasteiger partial charge in [-0.1, -0.05) is 0 Å². The van der Waals surface area contributed by atoms with E-state index in [-0.39, 0.29) is 0 Å². The van der Waals surface area contributed by atoms with Gasteiger partial charge < -0.3 is 9.47 Å². The first kappa shape index (κ1) is 9.44. The summed E-state index contributed by atoms with van der Waals surface area (Å²) in [6.45, 7) is 8.41. The zero-order chi connectivity index (χ0) is 9.26. The van der Waals surface area contributed by atoms with Gasteiger partial charge in [-0.25, -0.2) is 0 Å². The van der Waals surface area contributed by atoms with Crippen molar-refractivity contribution in [1.29, 1.82) is 0 Å². The van der Waals surface area contributed by atoms with E-state index >= 15 is 0 Å². The molecular formula is C10H19NO2. The Balaban J connectivity index is 1.90. The number of nitrogens with zero attached hydrogens (tertiary/aromatic N) is 1. The molecule has 2 rings (SSSR count). The van der Waals surface area contributed by atoms with Crippen molar-refractivity contribution in [2.45, 2.75) is 38.6 Å². The van der Waals surface area contributed by atoms with Gasteiger partial charge in [0, 0.05) is 19.6 Å². The monoisotopic (exact) mass is 185 g/mol. The molecule has 0 aromatic rings. The average Bonchev–Trinajstić information content (AvgIpc) is 2.10. The molecule has 0 amide bonds. The first-order valence-electron chi connectivity index (χ1n) is 5.25. The SMILES string of the molecule is CC(C)OC1CCN2CCOC1C2. The predicted octanol–water partition coefficient (Wildman–Crippen LogP) is 0.884. The highest BCUT2D eigenvalue weighted by Gasteiger charge is 2.33. The van der Waals surface area contributed by atoms with Crippen LogP contribution in [0.5, 0.6) is 0 Å². The zero-order valence-electron chi connectivity index (χ0n) is 8.53. The molecule has 0 aromatic heterocycles. The van der Waals surface area contributed by atoms with E-state index in [2.05, 4.69) is 18.7 Å². The van der Waals surface area contributed by atoms with Crippen molar-refractivity contribution >= 4 is 0 Å². The number of hydrogen-bond donors (Lipinski definition) is 0. The lowest BCUT2D eigenvalue weighted by Crippen LogP contribution is -2.54. The van der Waals surface area contributed by atoms with Gasteiger partial charge >= 0.3 is 0 Å². The average molecular weight is 185 g/mol. The fourth-order valence-corrected chi connectivity index (χ4v) is 2.16. The van der Waals surface area contributed by atoms with Gasteiger partial charge in [0.25, 0.3) is 0 Å². The highest BCUT2D eigenvalue weighted by Crippen LogP contribution is 2.21.